The summed E-state index contributed by atoms with van der Waals surface area (Å²) in [5.41, 5.74) is 1.33. The van der Waals surface area contributed by atoms with Gasteiger partial charge < -0.3 is 5.32 Å². The van der Waals surface area contributed by atoms with Crippen LogP contribution in [-0.2, 0) is 0 Å². The number of rotatable bonds is 3. The molecule has 0 saturated heterocycles. The van der Waals surface area contributed by atoms with Gasteiger partial charge in [-0.05, 0) is 29.8 Å². The molecule has 0 atom stereocenters. The molecule has 1 amide bonds. The van der Waals surface area contributed by atoms with Gasteiger partial charge in [-0.2, -0.15) is 0 Å². The zero-order valence-electron chi connectivity index (χ0n) is 12.0. The average Bonchev–Trinajstić information content (AvgIpc) is 2.57. The third-order valence-electron chi connectivity index (χ3n) is 3.44. The van der Waals surface area contributed by atoms with Crippen molar-refractivity contribution in [3.8, 4) is 0 Å². The third-order valence-corrected chi connectivity index (χ3v) is 3.44. The molecular weight excluding hydrogens is 298 g/mol. The lowest BCUT2D eigenvalue weighted by molar-refractivity contribution is 0.102. The molecule has 0 saturated carbocycles. The lowest BCUT2D eigenvalue weighted by Gasteiger charge is -2.10. The zero-order valence-corrected chi connectivity index (χ0v) is 12.0. The van der Waals surface area contributed by atoms with Gasteiger partial charge in [0.1, 0.15) is 0 Å². The van der Waals surface area contributed by atoms with E-state index in [-0.39, 0.29) is 11.1 Å². The van der Waals surface area contributed by atoms with Gasteiger partial charge in [0.05, 0.1) is 16.8 Å². The summed E-state index contributed by atoms with van der Waals surface area (Å²) in [5, 5.41) is 3.54. The Morgan fingerprint density at radius 3 is 2.65 bits per heavy atom. The van der Waals surface area contributed by atoms with Gasteiger partial charge in [0.2, 0.25) is 0 Å². The van der Waals surface area contributed by atoms with Gasteiger partial charge in [-0.25, -0.2) is 8.78 Å². The highest BCUT2D eigenvalue weighted by atomic mass is 19.2. The van der Waals surface area contributed by atoms with E-state index in [1.54, 1.807) is 24.4 Å². The molecule has 2 aromatic carbocycles. The lowest BCUT2D eigenvalue weighted by atomic mass is 10.1. The van der Waals surface area contributed by atoms with E-state index < -0.39 is 17.5 Å². The van der Waals surface area contributed by atoms with E-state index in [2.05, 4.69) is 16.9 Å². The Bertz CT molecular complexity index is 917. The van der Waals surface area contributed by atoms with E-state index in [1.807, 2.05) is 12.1 Å². The van der Waals surface area contributed by atoms with Gasteiger partial charge in [-0.3, -0.25) is 9.78 Å². The number of anilines is 1. The second-order valence-corrected chi connectivity index (χ2v) is 4.89. The number of carbonyl (C=O) groups excluding carboxylic acids is 1. The maximum absolute atomic E-state index is 13.4. The molecule has 0 fully saturated rings. The summed E-state index contributed by atoms with van der Waals surface area (Å²) in [6.07, 6.45) is 2.92. The van der Waals surface area contributed by atoms with E-state index in [9.17, 15) is 13.6 Å². The van der Waals surface area contributed by atoms with Crippen molar-refractivity contribution < 1.29 is 13.6 Å². The van der Waals surface area contributed by atoms with Gasteiger partial charge in [-0.1, -0.05) is 30.9 Å². The average molecular weight is 310 g/mol. The molecule has 0 radical (unpaired) electrons. The van der Waals surface area contributed by atoms with Crippen molar-refractivity contribution in [2.24, 2.45) is 0 Å². The lowest BCUT2D eigenvalue weighted by Crippen LogP contribution is -2.14. The highest BCUT2D eigenvalue weighted by molar-refractivity contribution is 6.09. The molecule has 1 N–H and O–H groups in total. The third kappa shape index (κ3) is 2.81. The van der Waals surface area contributed by atoms with Gasteiger partial charge in [0.25, 0.3) is 5.91 Å². The van der Waals surface area contributed by atoms with Crippen molar-refractivity contribution in [3.63, 3.8) is 0 Å². The fraction of sp³-hybridized carbons (Fsp3) is 0. The highest BCUT2D eigenvalue weighted by Crippen LogP contribution is 2.23. The van der Waals surface area contributed by atoms with Crippen LogP contribution >= 0.6 is 0 Å². The molecule has 23 heavy (non-hydrogen) atoms. The molecule has 1 heterocycles. The minimum atomic E-state index is -1.09. The molecule has 0 aliphatic rings. The van der Waals surface area contributed by atoms with Gasteiger partial charge in [0, 0.05) is 11.6 Å². The van der Waals surface area contributed by atoms with Gasteiger partial charge in [0.15, 0.2) is 11.6 Å². The van der Waals surface area contributed by atoms with Crippen LogP contribution in [0.1, 0.15) is 15.9 Å². The number of aromatic nitrogens is 1. The van der Waals surface area contributed by atoms with Crippen molar-refractivity contribution in [1.82, 2.24) is 4.98 Å². The van der Waals surface area contributed by atoms with E-state index in [0.717, 1.165) is 17.5 Å². The fourth-order valence-corrected chi connectivity index (χ4v) is 2.32. The first-order valence-corrected chi connectivity index (χ1v) is 6.86. The van der Waals surface area contributed by atoms with Crippen molar-refractivity contribution >= 4 is 28.6 Å². The standard InChI is InChI=1S/C18H12F2N2O/c1-2-11-9-14(19)15(20)10-13(11)18(23)22-16-7-3-5-12-6-4-8-21-17(12)16/h2-10H,1H2,(H,22,23). The number of hydrogen-bond acceptors (Lipinski definition) is 2. The van der Waals surface area contributed by atoms with Crippen LogP contribution in [0.4, 0.5) is 14.5 Å². The first kappa shape index (κ1) is 14.8. The van der Waals surface area contributed by atoms with E-state index >= 15 is 0 Å². The largest absolute Gasteiger partial charge is 0.320 e. The fourth-order valence-electron chi connectivity index (χ4n) is 2.32. The van der Waals surface area contributed by atoms with Gasteiger partial charge >= 0.3 is 0 Å². The number of benzene rings is 2. The normalized spacial score (nSPS) is 10.5. The number of amides is 1. The number of carbonyl (C=O) groups is 1. The summed E-state index contributed by atoms with van der Waals surface area (Å²) in [7, 11) is 0. The molecule has 114 valence electrons. The predicted octanol–water partition coefficient (Wildman–Crippen LogP) is 4.41. The summed E-state index contributed by atoms with van der Waals surface area (Å²) in [6, 6.07) is 10.8. The number of nitrogens with zero attached hydrogens (tertiary/aromatic N) is 1. The Labute approximate surface area is 131 Å². The van der Waals surface area contributed by atoms with Crippen LogP contribution < -0.4 is 5.32 Å². The second kappa shape index (κ2) is 5.96. The van der Waals surface area contributed by atoms with Crippen LogP contribution in [-0.4, -0.2) is 10.9 Å². The van der Waals surface area contributed by atoms with Crippen LogP contribution in [0.2, 0.25) is 0 Å². The molecule has 1 aromatic heterocycles. The van der Waals surface area contributed by atoms with E-state index in [4.69, 9.17) is 0 Å². The van der Waals surface area contributed by atoms with E-state index in [0.29, 0.717) is 11.2 Å². The molecule has 0 aliphatic carbocycles. The number of halogens is 2. The predicted molar refractivity (Wildman–Crippen MR) is 86.1 cm³/mol. The first-order chi connectivity index (χ1) is 11.1. The summed E-state index contributed by atoms with van der Waals surface area (Å²) in [5.74, 6) is -2.67. The Kier molecular flexibility index (Phi) is 3.85. The van der Waals surface area contributed by atoms with Crippen molar-refractivity contribution in [2.45, 2.75) is 0 Å². The molecule has 0 bridgehead atoms. The topological polar surface area (TPSA) is 42.0 Å². The Morgan fingerprint density at radius 2 is 1.87 bits per heavy atom. The highest BCUT2D eigenvalue weighted by Gasteiger charge is 2.15. The summed E-state index contributed by atoms with van der Waals surface area (Å²) >= 11 is 0. The summed E-state index contributed by atoms with van der Waals surface area (Å²) in [6.45, 7) is 3.52. The number of pyridine rings is 1. The molecule has 5 heteroatoms. The molecule has 0 aliphatic heterocycles. The molecule has 0 spiro atoms. The van der Waals surface area contributed by atoms with Crippen LogP contribution in [0.15, 0.2) is 55.2 Å². The van der Waals surface area contributed by atoms with Crippen LogP contribution in [0, 0.1) is 11.6 Å². The van der Waals surface area contributed by atoms with Crippen LogP contribution in [0.3, 0.4) is 0 Å². The minimum absolute atomic E-state index is 0.00633. The van der Waals surface area contributed by atoms with Crippen molar-refractivity contribution in [3.05, 3.63) is 78.0 Å². The zero-order chi connectivity index (χ0) is 16.4. The number of hydrogen-bond donors (Lipinski definition) is 1. The summed E-state index contributed by atoms with van der Waals surface area (Å²) in [4.78, 5) is 16.7. The van der Waals surface area contributed by atoms with Crippen LogP contribution in [0.5, 0.6) is 0 Å². The molecule has 3 aromatic rings. The van der Waals surface area contributed by atoms with Crippen molar-refractivity contribution in [2.75, 3.05) is 5.32 Å². The number of nitrogens with one attached hydrogen (secondary N) is 1. The Balaban J connectivity index is 2.02. The second-order valence-electron chi connectivity index (χ2n) is 4.89. The molecule has 0 unspecified atom stereocenters. The van der Waals surface area contributed by atoms with Crippen molar-refractivity contribution in [1.29, 1.82) is 0 Å². The number of fused-ring (bicyclic) bond motifs is 1. The monoisotopic (exact) mass is 310 g/mol. The van der Waals surface area contributed by atoms with Gasteiger partial charge in [-0.15, -0.1) is 0 Å². The minimum Gasteiger partial charge on any atom is -0.320 e. The van der Waals surface area contributed by atoms with E-state index in [1.165, 1.54) is 6.08 Å². The summed E-state index contributed by atoms with van der Waals surface area (Å²) < 4.78 is 26.7. The first-order valence-electron chi connectivity index (χ1n) is 6.86. The number of para-hydroxylation sites is 1. The molecular formula is C18H12F2N2O. The van der Waals surface area contributed by atoms with Crippen LogP contribution in [0.25, 0.3) is 17.0 Å². The molecule has 3 nitrogen and oxygen atoms in total. The maximum atomic E-state index is 13.4. The Morgan fingerprint density at radius 1 is 1.13 bits per heavy atom. The maximum Gasteiger partial charge on any atom is 0.256 e. The smallest absolute Gasteiger partial charge is 0.256 e. The quantitative estimate of drug-likeness (QED) is 0.778. The Hall–Kier alpha value is -3.08. The molecule has 3 rings (SSSR count). The SMILES string of the molecule is C=Cc1cc(F)c(F)cc1C(=O)Nc1cccc2cccnc12.